The molecular formula is C27H35N3O2. The Kier molecular flexibility index (Phi) is 7.40. The molecule has 0 saturated carbocycles. The average molecular weight is 434 g/mol. The third-order valence-corrected chi connectivity index (χ3v) is 6.76. The van der Waals surface area contributed by atoms with Gasteiger partial charge in [0, 0.05) is 43.9 Å². The smallest absolute Gasteiger partial charge is 0.251 e. The fraction of sp³-hybridized carbons (Fsp3) is 0.444. The summed E-state index contributed by atoms with van der Waals surface area (Å²) < 4.78 is 5.19. The second kappa shape index (κ2) is 10.4. The van der Waals surface area contributed by atoms with Crippen molar-refractivity contribution in [2.45, 2.75) is 45.2 Å². The van der Waals surface area contributed by atoms with Crippen LogP contribution in [0.4, 0.5) is 0 Å². The Hall–Kier alpha value is -2.47. The Balaban J connectivity index is 1.66. The predicted molar refractivity (Wildman–Crippen MR) is 131 cm³/mol. The van der Waals surface area contributed by atoms with Crippen molar-refractivity contribution in [1.29, 1.82) is 0 Å². The second-order valence-electron chi connectivity index (χ2n) is 8.84. The first-order chi connectivity index (χ1) is 15.6. The van der Waals surface area contributed by atoms with Gasteiger partial charge in [-0.3, -0.25) is 9.69 Å². The van der Waals surface area contributed by atoms with Crippen LogP contribution in [-0.2, 0) is 11.2 Å². The molecule has 1 aliphatic heterocycles. The highest BCUT2D eigenvalue weighted by atomic mass is 16.5. The number of ether oxygens (including phenoxy) is 1. The van der Waals surface area contributed by atoms with Crippen LogP contribution in [0.3, 0.4) is 0 Å². The lowest BCUT2D eigenvalue weighted by Gasteiger charge is -2.39. The summed E-state index contributed by atoms with van der Waals surface area (Å²) in [6.45, 7) is 7.99. The molecule has 1 aliphatic rings. The van der Waals surface area contributed by atoms with E-state index in [0.717, 1.165) is 62.0 Å². The summed E-state index contributed by atoms with van der Waals surface area (Å²) in [6, 6.07) is 18.0. The SMILES string of the molecule is CCc1cc2cc(C(c3ccccc3C)N3CCC(NCCOC)CC3)ccc2[nH]c1=O. The molecule has 3 aromatic rings. The number of H-pyrrole nitrogens is 1. The summed E-state index contributed by atoms with van der Waals surface area (Å²) in [4.78, 5) is 17.9. The third kappa shape index (κ3) is 4.96. The Bertz CT molecular complexity index is 1100. The van der Waals surface area contributed by atoms with Gasteiger partial charge >= 0.3 is 0 Å². The van der Waals surface area contributed by atoms with E-state index in [4.69, 9.17) is 4.74 Å². The molecule has 1 atom stereocenters. The number of hydrogen-bond acceptors (Lipinski definition) is 4. The summed E-state index contributed by atoms with van der Waals surface area (Å²) in [7, 11) is 1.75. The van der Waals surface area contributed by atoms with E-state index in [1.165, 1.54) is 16.7 Å². The fourth-order valence-corrected chi connectivity index (χ4v) is 4.91. The average Bonchev–Trinajstić information content (AvgIpc) is 2.81. The van der Waals surface area contributed by atoms with E-state index in [1.54, 1.807) is 7.11 Å². The molecule has 1 saturated heterocycles. The zero-order chi connectivity index (χ0) is 22.5. The van der Waals surface area contributed by atoms with Crippen molar-refractivity contribution in [3.05, 3.63) is 81.1 Å². The van der Waals surface area contributed by atoms with Gasteiger partial charge in [-0.05, 0) is 66.5 Å². The van der Waals surface area contributed by atoms with E-state index < -0.39 is 0 Å². The van der Waals surface area contributed by atoms with Gasteiger partial charge in [0.1, 0.15) is 0 Å². The molecule has 170 valence electrons. The number of aromatic amines is 1. The molecular weight excluding hydrogens is 398 g/mol. The molecule has 1 fully saturated rings. The molecule has 5 nitrogen and oxygen atoms in total. The topological polar surface area (TPSA) is 57.4 Å². The zero-order valence-electron chi connectivity index (χ0n) is 19.5. The highest BCUT2D eigenvalue weighted by Gasteiger charge is 2.28. The summed E-state index contributed by atoms with van der Waals surface area (Å²) in [5.74, 6) is 0. The number of aryl methyl sites for hydroxylation is 2. The first-order valence-corrected chi connectivity index (χ1v) is 11.8. The third-order valence-electron chi connectivity index (χ3n) is 6.76. The number of hydrogen-bond donors (Lipinski definition) is 2. The maximum atomic E-state index is 12.2. The van der Waals surface area contributed by atoms with Gasteiger partial charge in [0.05, 0.1) is 12.6 Å². The number of piperidine rings is 1. The number of likely N-dealkylation sites (tertiary alicyclic amines) is 1. The van der Waals surface area contributed by atoms with E-state index in [-0.39, 0.29) is 11.6 Å². The number of rotatable bonds is 8. The highest BCUT2D eigenvalue weighted by Crippen LogP contribution is 2.34. The Morgan fingerprint density at radius 3 is 2.66 bits per heavy atom. The van der Waals surface area contributed by atoms with Crippen LogP contribution in [0.2, 0.25) is 0 Å². The Labute approximate surface area is 190 Å². The molecule has 4 rings (SSSR count). The molecule has 1 aromatic heterocycles. The van der Waals surface area contributed by atoms with E-state index in [9.17, 15) is 4.79 Å². The lowest BCUT2D eigenvalue weighted by atomic mass is 9.90. The molecule has 32 heavy (non-hydrogen) atoms. The number of fused-ring (bicyclic) bond motifs is 1. The molecule has 2 N–H and O–H groups in total. The Morgan fingerprint density at radius 2 is 1.94 bits per heavy atom. The van der Waals surface area contributed by atoms with Crippen molar-refractivity contribution >= 4 is 10.9 Å². The Morgan fingerprint density at radius 1 is 1.16 bits per heavy atom. The summed E-state index contributed by atoms with van der Waals surface area (Å²) >= 11 is 0. The van der Waals surface area contributed by atoms with Crippen LogP contribution in [0.15, 0.2) is 53.3 Å². The van der Waals surface area contributed by atoms with Crippen LogP contribution in [-0.4, -0.2) is 49.3 Å². The van der Waals surface area contributed by atoms with Gasteiger partial charge in [-0.1, -0.05) is 37.3 Å². The lowest BCUT2D eigenvalue weighted by molar-refractivity contribution is 0.151. The highest BCUT2D eigenvalue weighted by molar-refractivity contribution is 5.80. The second-order valence-corrected chi connectivity index (χ2v) is 8.84. The first kappa shape index (κ1) is 22.7. The normalized spacial score (nSPS) is 16.5. The van der Waals surface area contributed by atoms with E-state index in [0.29, 0.717) is 6.04 Å². The molecule has 0 radical (unpaired) electrons. The minimum absolute atomic E-state index is 0.0197. The van der Waals surface area contributed by atoms with Gasteiger partial charge in [-0.25, -0.2) is 0 Å². The molecule has 0 amide bonds. The number of pyridine rings is 1. The standard InChI is InChI=1S/C27H35N3O2/c1-4-20-17-22-18-21(9-10-25(22)29-27(20)31)26(24-8-6-5-7-19(24)2)30-14-11-23(12-15-30)28-13-16-32-3/h5-10,17-18,23,26,28H,4,11-16H2,1-3H3,(H,29,31). The molecule has 5 heteroatoms. The molecule has 0 bridgehead atoms. The number of nitrogens with zero attached hydrogens (tertiary/aromatic N) is 1. The van der Waals surface area contributed by atoms with Crippen LogP contribution < -0.4 is 10.9 Å². The minimum Gasteiger partial charge on any atom is -0.383 e. The van der Waals surface area contributed by atoms with Gasteiger partial charge in [-0.15, -0.1) is 0 Å². The fourth-order valence-electron chi connectivity index (χ4n) is 4.91. The van der Waals surface area contributed by atoms with Crippen LogP contribution in [0.1, 0.15) is 48.1 Å². The van der Waals surface area contributed by atoms with Crippen molar-refractivity contribution in [2.24, 2.45) is 0 Å². The zero-order valence-corrected chi connectivity index (χ0v) is 19.5. The maximum Gasteiger partial charge on any atom is 0.251 e. The molecule has 1 unspecified atom stereocenters. The molecule has 2 heterocycles. The van der Waals surface area contributed by atoms with Gasteiger partial charge < -0.3 is 15.0 Å². The van der Waals surface area contributed by atoms with Gasteiger partial charge in [0.2, 0.25) is 0 Å². The number of benzene rings is 2. The van der Waals surface area contributed by atoms with Crippen LogP contribution in [0.25, 0.3) is 10.9 Å². The quantitative estimate of drug-likeness (QED) is 0.523. The maximum absolute atomic E-state index is 12.2. The monoisotopic (exact) mass is 433 g/mol. The van der Waals surface area contributed by atoms with Crippen molar-refractivity contribution in [1.82, 2.24) is 15.2 Å². The van der Waals surface area contributed by atoms with Crippen LogP contribution >= 0.6 is 0 Å². The minimum atomic E-state index is 0.0197. The van der Waals surface area contributed by atoms with Crippen molar-refractivity contribution < 1.29 is 4.74 Å². The number of nitrogens with one attached hydrogen (secondary N) is 2. The van der Waals surface area contributed by atoms with Gasteiger partial charge in [0.15, 0.2) is 0 Å². The predicted octanol–water partition coefficient (Wildman–Crippen LogP) is 4.19. The summed E-state index contributed by atoms with van der Waals surface area (Å²) in [6.07, 6.45) is 3.00. The number of methoxy groups -OCH3 is 1. The van der Waals surface area contributed by atoms with E-state index in [1.807, 2.05) is 6.92 Å². The van der Waals surface area contributed by atoms with Crippen molar-refractivity contribution in [3.63, 3.8) is 0 Å². The summed E-state index contributed by atoms with van der Waals surface area (Å²) in [5.41, 5.74) is 5.72. The molecule has 0 spiro atoms. The van der Waals surface area contributed by atoms with Gasteiger partial charge in [0.25, 0.3) is 5.56 Å². The van der Waals surface area contributed by atoms with Crippen molar-refractivity contribution in [3.8, 4) is 0 Å². The van der Waals surface area contributed by atoms with Gasteiger partial charge in [-0.2, -0.15) is 0 Å². The van der Waals surface area contributed by atoms with E-state index >= 15 is 0 Å². The molecule has 0 aliphatic carbocycles. The lowest BCUT2D eigenvalue weighted by Crippen LogP contribution is -2.45. The number of aromatic nitrogens is 1. The van der Waals surface area contributed by atoms with E-state index in [2.05, 4.69) is 70.7 Å². The largest absolute Gasteiger partial charge is 0.383 e. The van der Waals surface area contributed by atoms with Crippen molar-refractivity contribution in [2.75, 3.05) is 33.4 Å². The van der Waals surface area contributed by atoms with Crippen LogP contribution in [0.5, 0.6) is 0 Å². The molecule has 2 aromatic carbocycles. The first-order valence-electron chi connectivity index (χ1n) is 11.8. The summed E-state index contributed by atoms with van der Waals surface area (Å²) in [5, 5.41) is 4.73. The van der Waals surface area contributed by atoms with Crippen LogP contribution in [0, 0.1) is 6.92 Å².